The van der Waals surface area contributed by atoms with E-state index in [1.54, 1.807) is 13.2 Å². The smallest absolute Gasteiger partial charge is 0.339 e. The summed E-state index contributed by atoms with van der Waals surface area (Å²) in [6.45, 7) is 7.12. The third kappa shape index (κ3) is 4.44. The van der Waals surface area contributed by atoms with Crippen LogP contribution in [0.4, 0.5) is 0 Å². The van der Waals surface area contributed by atoms with Crippen molar-refractivity contribution >= 4 is 17.3 Å². The Balaban J connectivity index is 1.56. The van der Waals surface area contributed by atoms with Gasteiger partial charge in [-0.1, -0.05) is 13.8 Å². The molecule has 6 heteroatoms. The molecule has 1 aromatic rings. The zero-order chi connectivity index (χ0) is 26.6. The lowest BCUT2D eigenvalue weighted by Crippen LogP contribution is -2.47. The van der Waals surface area contributed by atoms with Gasteiger partial charge in [-0.3, -0.25) is 4.79 Å². The number of aliphatic carboxylic acids is 1. The Morgan fingerprint density at radius 3 is 2.58 bits per heavy atom. The minimum absolute atomic E-state index is 0.0462. The third-order valence-electron chi connectivity index (χ3n) is 9.66. The van der Waals surface area contributed by atoms with E-state index in [0.29, 0.717) is 50.6 Å². The number of hydrogen-bond acceptors (Lipinski definition) is 5. The second-order valence-electron chi connectivity index (χ2n) is 12.4. The minimum atomic E-state index is -1.11. The molecule has 4 atom stereocenters. The van der Waals surface area contributed by atoms with Crippen molar-refractivity contribution < 1.29 is 28.9 Å². The number of carboxylic acids is 1. The first-order valence-corrected chi connectivity index (χ1v) is 14.4. The van der Waals surface area contributed by atoms with E-state index in [-0.39, 0.29) is 28.6 Å². The lowest BCUT2D eigenvalue weighted by atomic mass is 9.65. The first-order chi connectivity index (χ1) is 18.4. The molecule has 0 bridgehead atoms. The fourth-order valence-corrected chi connectivity index (χ4v) is 7.50. The number of carbonyl (C=O) groups excluding carboxylic acids is 1. The number of benzene rings is 1. The average Bonchev–Trinajstić information content (AvgIpc) is 3.79. The molecule has 4 aliphatic carbocycles. The van der Waals surface area contributed by atoms with Crippen LogP contribution in [-0.4, -0.2) is 50.4 Å². The van der Waals surface area contributed by atoms with Gasteiger partial charge in [0.1, 0.15) is 11.3 Å². The molecular weight excluding hydrogens is 480 g/mol. The van der Waals surface area contributed by atoms with Crippen LogP contribution in [-0.2, 0) is 25.5 Å². The quantitative estimate of drug-likeness (QED) is 0.338. The van der Waals surface area contributed by atoms with E-state index in [9.17, 15) is 14.7 Å². The molecule has 0 aromatic heterocycles. The van der Waals surface area contributed by atoms with Crippen molar-refractivity contribution in [2.24, 2.45) is 29.1 Å². The third-order valence-corrected chi connectivity index (χ3v) is 9.66. The van der Waals surface area contributed by atoms with Crippen LogP contribution in [0.1, 0.15) is 75.0 Å². The molecular formula is C32H40O6. The number of methoxy groups -OCH3 is 1. The van der Waals surface area contributed by atoms with E-state index in [0.717, 1.165) is 37.0 Å². The van der Waals surface area contributed by atoms with E-state index < -0.39 is 5.97 Å². The summed E-state index contributed by atoms with van der Waals surface area (Å²) in [7, 11) is 1.71. The fourth-order valence-electron chi connectivity index (χ4n) is 7.50. The van der Waals surface area contributed by atoms with Gasteiger partial charge < -0.3 is 19.3 Å². The lowest BCUT2D eigenvalue weighted by molar-refractivity contribution is -0.135. The van der Waals surface area contributed by atoms with E-state index >= 15 is 0 Å². The molecule has 6 nitrogen and oxygen atoms in total. The molecule has 5 aliphatic rings. The van der Waals surface area contributed by atoms with Crippen LogP contribution in [0.2, 0.25) is 0 Å². The number of rotatable bonds is 9. The van der Waals surface area contributed by atoms with Gasteiger partial charge in [0.25, 0.3) is 0 Å². The molecule has 38 heavy (non-hydrogen) atoms. The zero-order valence-electron chi connectivity index (χ0n) is 22.9. The monoisotopic (exact) mass is 520 g/mol. The van der Waals surface area contributed by atoms with Crippen molar-refractivity contribution in [3.8, 4) is 5.75 Å². The molecule has 1 saturated heterocycles. The normalized spacial score (nSPS) is 29.6. The fraction of sp³-hybridized carbons (Fsp3) is 0.625. The summed E-state index contributed by atoms with van der Waals surface area (Å²) in [4.78, 5) is 25.4. The highest BCUT2D eigenvalue weighted by molar-refractivity contribution is 6.17. The van der Waals surface area contributed by atoms with Crippen LogP contribution in [0.15, 0.2) is 29.4 Å². The van der Waals surface area contributed by atoms with Gasteiger partial charge in [-0.25, -0.2) is 4.79 Å². The van der Waals surface area contributed by atoms with E-state index in [1.165, 1.54) is 35.1 Å². The molecule has 4 unspecified atom stereocenters. The molecule has 6 rings (SSSR count). The zero-order valence-corrected chi connectivity index (χ0v) is 22.9. The number of Topliss-reactive ketones (excluding diaryl/α,β-unsaturated/α-hetero) is 1. The summed E-state index contributed by atoms with van der Waals surface area (Å²) in [5.41, 5.74) is 6.17. The van der Waals surface area contributed by atoms with Gasteiger partial charge in [-0.2, -0.15) is 0 Å². The summed E-state index contributed by atoms with van der Waals surface area (Å²) in [6.07, 6.45) is 7.97. The van der Waals surface area contributed by atoms with Crippen molar-refractivity contribution in [2.75, 3.05) is 33.5 Å². The summed E-state index contributed by atoms with van der Waals surface area (Å²) in [5, 5.41) is 10.1. The minimum Gasteiger partial charge on any atom is -0.493 e. The van der Waals surface area contributed by atoms with E-state index in [2.05, 4.69) is 26.0 Å². The van der Waals surface area contributed by atoms with Gasteiger partial charge in [-0.15, -0.1) is 0 Å². The number of ether oxygens (including phenoxy) is 3. The molecule has 0 radical (unpaired) electrons. The van der Waals surface area contributed by atoms with Crippen LogP contribution in [0.5, 0.6) is 5.75 Å². The summed E-state index contributed by atoms with van der Waals surface area (Å²) in [6, 6.07) is 4.65. The second kappa shape index (κ2) is 9.95. The molecule has 1 N–H and O–H groups in total. The average molecular weight is 521 g/mol. The van der Waals surface area contributed by atoms with Crippen LogP contribution >= 0.6 is 0 Å². The van der Waals surface area contributed by atoms with Gasteiger partial charge >= 0.3 is 5.97 Å². The molecule has 3 fully saturated rings. The van der Waals surface area contributed by atoms with Gasteiger partial charge in [0.05, 0.1) is 19.8 Å². The van der Waals surface area contributed by atoms with Crippen molar-refractivity contribution in [2.45, 2.75) is 64.7 Å². The topological polar surface area (TPSA) is 82.1 Å². The summed E-state index contributed by atoms with van der Waals surface area (Å²) in [5.74, 6) is 1.51. The molecule has 2 saturated carbocycles. The Morgan fingerprint density at radius 2 is 1.95 bits per heavy atom. The van der Waals surface area contributed by atoms with Crippen molar-refractivity contribution in [3.05, 3.63) is 46.0 Å². The number of carboxylic acid groups (broad SMARTS) is 1. The second-order valence-corrected chi connectivity index (χ2v) is 12.4. The van der Waals surface area contributed by atoms with Gasteiger partial charge in [0, 0.05) is 32.0 Å². The number of hydrogen-bond donors (Lipinski definition) is 1. The van der Waals surface area contributed by atoms with Gasteiger partial charge in [0.15, 0.2) is 5.78 Å². The number of fused-ring (bicyclic) bond motifs is 4. The SMILES string of the molecule is CCc1cc2c(cc1OCCCOC)C1CC1C(C1(C)COC1)C1=C2C(C2CC2)CCC(=O)C(C(=O)O)=C1. The lowest BCUT2D eigenvalue weighted by Gasteiger charge is -2.46. The van der Waals surface area contributed by atoms with Crippen LogP contribution in [0.25, 0.3) is 5.57 Å². The Bertz CT molecular complexity index is 1200. The van der Waals surface area contributed by atoms with Gasteiger partial charge in [0.2, 0.25) is 0 Å². The maximum atomic E-state index is 13.1. The Morgan fingerprint density at radius 1 is 1.16 bits per heavy atom. The molecule has 0 amide bonds. The highest BCUT2D eigenvalue weighted by Crippen LogP contribution is 2.66. The first kappa shape index (κ1) is 25.8. The largest absolute Gasteiger partial charge is 0.493 e. The highest BCUT2D eigenvalue weighted by atomic mass is 16.5. The molecule has 0 spiro atoms. The molecule has 204 valence electrons. The predicted octanol–water partition coefficient (Wildman–Crippen LogP) is 5.59. The standard InChI is InChI=1S/C32H40O6/c1-4-18-12-23-22(15-28(18)38-11-5-10-36-3)21-13-24(21)30(32(2)16-37-17-32)26-14-25(31(34)35)27(33)9-8-20(29(23)26)19-6-7-19/h12,14-15,19-21,24,30H,4-11,13,16-17H2,1-3H3,(H,34,35). The summed E-state index contributed by atoms with van der Waals surface area (Å²) < 4.78 is 17.3. The number of carbonyl (C=O) groups is 2. The summed E-state index contributed by atoms with van der Waals surface area (Å²) >= 11 is 0. The maximum absolute atomic E-state index is 13.1. The first-order valence-electron chi connectivity index (χ1n) is 14.4. The molecule has 1 aromatic carbocycles. The van der Waals surface area contributed by atoms with Crippen LogP contribution < -0.4 is 4.74 Å². The van der Waals surface area contributed by atoms with Crippen molar-refractivity contribution in [3.63, 3.8) is 0 Å². The molecule has 1 heterocycles. The van der Waals surface area contributed by atoms with Crippen LogP contribution in [0.3, 0.4) is 0 Å². The highest BCUT2D eigenvalue weighted by Gasteiger charge is 2.58. The van der Waals surface area contributed by atoms with Crippen LogP contribution in [0, 0.1) is 29.1 Å². The number of allylic oxidation sites excluding steroid dienone is 3. The van der Waals surface area contributed by atoms with Gasteiger partial charge in [-0.05, 0) is 108 Å². The predicted molar refractivity (Wildman–Crippen MR) is 144 cm³/mol. The Labute approximate surface area is 225 Å². The van der Waals surface area contributed by atoms with Crippen molar-refractivity contribution in [1.29, 1.82) is 0 Å². The molecule has 1 aliphatic heterocycles. The number of ketones is 1. The Kier molecular flexibility index (Phi) is 6.76. The van der Waals surface area contributed by atoms with Crippen molar-refractivity contribution in [1.82, 2.24) is 0 Å². The maximum Gasteiger partial charge on any atom is 0.339 e. The van der Waals surface area contributed by atoms with E-state index in [4.69, 9.17) is 14.2 Å². The Hall–Kier alpha value is -2.44. The number of aryl methyl sites for hydroxylation is 1. The van der Waals surface area contributed by atoms with E-state index in [1.807, 2.05) is 0 Å².